The third kappa shape index (κ3) is 3.93. The van der Waals surface area contributed by atoms with Crippen LogP contribution in [0.4, 0.5) is 0 Å². The molecule has 0 saturated carbocycles. The van der Waals surface area contributed by atoms with Gasteiger partial charge in [-0.05, 0) is 12.5 Å². The summed E-state index contributed by atoms with van der Waals surface area (Å²) in [5, 5.41) is 0. The second-order valence-electron chi connectivity index (χ2n) is 5.68. The standard InChI is InChI=1S/C18H24O5/c1-3-4-10-20-15-11-14-16(23-18(15)19-2)12-21-17(22-14)13-8-6-5-7-9-13/h5-9,11,15-18H,3-4,10,12H2,1-2H3. The van der Waals surface area contributed by atoms with Crippen LogP contribution in [0.15, 0.2) is 42.2 Å². The second kappa shape index (κ2) is 7.93. The summed E-state index contributed by atoms with van der Waals surface area (Å²) in [7, 11) is 1.62. The number of methoxy groups -OCH3 is 1. The molecule has 2 aliphatic heterocycles. The molecule has 0 bridgehead atoms. The maximum Gasteiger partial charge on any atom is 0.226 e. The van der Waals surface area contributed by atoms with Crippen molar-refractivity contribution < 1.29 is 23.7 Å². The van der Waals surface area contributed by atoms with E-state index in [1.54, 1.807) is 7.11 Å². The van der Waals surface area contributed by atoms with Crippen LogP contribution < -0.4 is 0 Å². The van der Waals surface area contributed by atoms with Crippen LogP contribution >= 0.6 is 0 Å². The van der Waals surface area contributed by atoms with Crippen LogP contribution in [0.1, 0.15) is 31.6 Å². The van der Waals surface area contributed by atoms with Gasteiger partial charge >= 0.3 is 0 Å². The van der Waals surface area contributed by atoms with Crippen LogP contribution in [0.2, 0.25) is 0 Å². The summed E-state index contributed by atoms with van der Waals surface area (Å²) in [6.07, 6.45) is 2.73. The zero-order chi connectivity index (χ0) is 16.1. The Morgan fingerprint density at radius 2 is 2.04 bits per heavy atom. The van der Waals surface area contributed by atoms with E-state index < -0.39 is 12.6 Å². The molecule has 5 nitrogen and oxygen atoms in total. The molecule has 0 N–H and O–H groups in total. The van der Waals surface area contributed by atoms with Gasteiger partial charge in [-0.3, -0.25) is 0 Å². The van der Waals surface area contributed by atoms with Crippen LogP contribution in [-0.2, 0) is 23.7 Å². The minimum atomic E-state index is -0.430. The fourth-order valence-electron chi connectivity index (χ4n) is 2.68. The van der Waals surface area contributed by atoms with Gasteiger partial charge in [0.05, 0.1) is 6.61 Å². The average molecular weight is 320 g/mol. The number of rotatable bonds is 6. The van der Waals surface area contributed by atoms with Gasteiger partial charge in [-0.25, -0.2) is 0 Å². The van der Waals surface area contributed by atoms with Crippen LogP contribution in [0, 0.1) is 0 Å². The fourth-order valence-corrected chi connectivity index (χ4v) is 2.68. The minimum absolute atomic E-state index is 0.245. The Morgan fingerprint density at radius 3 is 2.78 bits per heavy atom. The van der Waals surface area contributed by atoms with Gasteiger partial charge in [-0.15, -0.1) is 0 Å². The van der Waals surface area contributed by atoms with Gasteiger partial charge in [0.25, 0.3) is 0 Å². The van der Waals surface area contributed by atoms with Gasteiger partial charge < -0.3 is 23.7 Å². The zero-order valence-corrected chi connectivity index (χ0v) is 13.6. The van der Waals surface area contributed by atoms with Gasteiger partial charge in [0.15, 0.2) is 6.29 Å². The molecule has 4 unspecified atom stereocenters. The van der Waals surface area contributed by atoms with Crippen molar-refractivity contribution in [3.8, 4) is 0 Å². The lowest BCUT2D eigenvalue weighted by molar-refractivity contribution is -0.265. The molecular weight excluding hydrogens is 296 g/mol. The summed E-state index contributed by atoms with van der Waals surface area (Å²) >= 11 is 0. The molecule has 1 aromatic rings. The van der Waals surface area contributed by atoms with E-state index in [0.717, 1.165) is 24.2 Å². The SMILES string of the molecule is CCCCOC1C=C2OC(c3ccccc3)OCC2OC1OC. The Kier molecular flexibility index (Phi) is 5.67. The molecule has 5 heteroatoms. The van der Waals surface area contributed by atoms with Crippen molar-refractivity contribution in [2.75, 3.05) is 20.3 Å². The van der Waals surface area contributed by atoms with Crippen LogP contribution in [0.3, 0.4) is 0 Å². The number of hydrogen-bond acceptors (Lipinski definition) is 5. The molecule has 1 aromatic carbocycles. The van der Waals surface area contributed by atoms with E-state index in [2.05, 4.69) is 6.92 Å². The molecule has 2 aliphatic rings. The molecule has 23 heavy (non-hydrogen) atoms. The number of fused-ring (bicyclic) bond motifs is 1. The van der Waals surface area contributed by atoms with Gasteiger partial charge in [0.2, 0.25) is 6.29 Å². The lowest BCUT2D eigenvalue weighted by Crippen LogP contribution is -2.45. The molecule has 0 spiro atoms. The molecule has 0 aromatic heterocycles. The molecule has 126 valence electrons. The highest BCUT2D eigenvalue weighted by Crippen LogP contribution is 2.34. The molecule has 1 fully saturated rings. The predicted molar refractivity (Wildman–Crippen MR) is 84.6 cm³/mol. The van der Waals surface area contributed by atoms with E-state index >= 15 is 0 Å². The molecule has 3 rings (SSSR count). The van der Waals surface area contributed by atoms with E-state index in [9.17, 15) is 0 Å². The highest BCUT2D eigenvalue weighted by Gasteiger charge is 2.38. The van der Waals surface area contributed by atoms with Crippen molar-refractivity contribution in [3.05, 3.63) is 47.7 Å². The largest absolute Gasteiger partial charge is 0.462 e. The van der Waals surface area contributed by atoms with Crippen molar-refractivity contribution in [2.24, 2.45) is 0 Å². The maximum atomic E-state index is 5.98. The minimum Gasteiger partial charge on any atom is -0.462 e. The van der Waals surface area contributed by atoms with Crippen LogP contribution in [-0.4, -0.2) is 38.8 Å². The Bertz CT molecular complexity index is 515. The normalized spacial score (nSPS) is 30.3. The molecule has 4 atom stereocenters. The quantitative estimate of drug-likeness (QED) is 0.753. The molecule has 0 amide bonds. The average Bonchev–Trinajstić information content (AvgIpc) is 2.61. The predicted octanol–water partition coefficient (Wildman–Crippen LogP) is 3.17. The monoisotopic (exact) mass is 320 g/mol. The van der Waals surface area contributed by atoms with Crippen LogP contribution in [0.25, 0.3) is 0 Å². The first-order valence-electron chi connectivity index (χ1n) is 8.16. The highest BCUT2D eigenvalue weighted by molar-refractivity contribution is 5.19. The van der Waals surface area contributed by atoms with E-state index in [0.29, 0.717) is 13.2 Å². The van der Waals surface area contributed by atoms with E-state index in [1.165, 1.54) is 0 Å². The lowest BCUT2D eigenvalue weighted by Gasteiger charge is -2.39. The highest BCUT2D eigenvalue weighted by atomic mass is 16.7. The smallest absolute Gasteiger partial charge is 0.226 e. The van der Waals surface area contributed by atoms with Crippen molar-refractivity contribution in [2.45, 2.75) is 44.6 Å². The maximum absolute atomic E-state index is 5.98. The lowest BCUT2D eigenvalue weighted by atomic mass is 10.1. The topological polar surface area (TPSA) is 46.2 Å². The number of ether oxygens (including phenoxy) is 5. The van der Waals surface area contributed by atoms with Crippen LogP contribution in [0.5, 0.6) is 0 Å². The van der Waals surface area contributed by atoms with Crippen molar-refractivity contribution in [1.29, 1.82) is 0 Å². The molecule has 1 saturated heterocycles. The van der Waals surface area contributed by atoms with E-state index in [-0.39, 0.29) is 12.2 Å². The summed E-state index contributed by atoms with van der Waals surface area (Å²) in [5.74, 6) is 0.764. The fraction of sp³-hybridized carbons (Fsp3) is 0.556. The Hall–Kier alpha value is -1.40. The van der Waals surface area contributed by atoms with Gasteiger partial charge in [0, 0.05) is 19.3 Å². The summed E-state index contributed by atoms with van der Waals surface area (Å²) in [6.45, 7) is 3.25. The second-order valence-corrected chi connectivity index (χ2v) is 5.68. The summed E-state index contributed by atoms with van der Waals surface area (Å²) < 4.78 is 28.9. The third-order valence-corrected chi connectivity index (χ3v) is 3.97. The third-order valence-electron chi connectivity index (χ3n) is 3.97. The van der Waals surface area contributed by atoms with Crippen molar-refractivity contribution >= 4 is 0 Å². The first-order valence-corrected chi connectivity index (χ1v) is 8.16. The van der Waals surface area contributed by atoms with Gasteiger partial charge in [-0.1, -0.05) is 43.7 Å². The first-order chi connectivity index (χ1) is 11.3. The van der Waals surface area contributed by atoms with Crippen molar-refractivity contribution in [3.63, 3.8) is 0 Å². The molecular formula is C18H24O5. The van der Waals surface area contributed by atoms with Crippen molar-refractivity contribution in [1.82, 2.24) is 0 Å². The van der Waals surface area contributed by atoms with E-state index in [1.807, 2.05) is 36.4 Å². The Labute approximate surface area is 137 Å². The summed E-state index contributed by atoms with van der Waals surface area (Å²) in [5.41, 5.74) is 0.990. The first kappa shape index (κ1) is 16.5. The number of hydrogen-bond donors (Lipinski definition) is 0. The Morgan fingerprint density at radius 1 is 1.22 bits per heavy atom. The molecule has 2 heterocycles. The molecule has 0 aliphatic carbocycles. The summed E-state index contributed by atoms with van der Waals surface area (Å²) in [4.78, 5) is 0. The van der Waals surface area contributed by atoms with Gasteiger partial charge in [-0.2, -0.15) is 0 Å². The number of unbranched alkanes of at least 4 members (excludes halogenated alkanes) is 1. The Balaban J connectivity index is 1.70. The zero-order valence-electron chi connectivity index (χ0n) is 13.6. The number of benzene rings is 1. The molecule has 0 radical (unpaired) electrons. The van der Waals surface area contributed by atoms with Gasteiger partial charge in [0.1, 0.15) is 18.0 Å². The summed E-state index contributed by atoms with van der Waals surface area (Å²) in [6, 6.07) is 9.89. The van der Waals surface area contributed by atoms with E-state index in [4.69, 9.17) is 23.7 Å².